The summed E-state index contributed by atoms with van der Waals surface area (Å²) >= 11 is 6.87. The number of esters is 1. The average Bonchev–Trinajstić information content (AvgIpc) is 2.35. The van der Waals surface area contributed by atoms with Gasteiger partial charge < -0.3 is 4.74 Å². The van der Waals surface area contributed by atoms with Gasteiger partial charge in [0, 0.05) is 9.81 Å². The molecule has 1 aromatic rings. The minimum atomic E-state index is -1.06. The second-order valence-corrected chi connectivity index (χ2v) is 6.56. The van der Waals surface area contributed by atoms with Gasteiger partial charge in [-0.2, -0.15) is 0 Å². The number of hydrogen-bond acceptors (Lipinski definition) is 4. The maximum Gasteiger partial charge on any atom is 0.316 e. The molecule has 0 aliphatic heterocycles. The topological polar surface area (TPSA) is 92.1 Å². The zero-order valence-electron chi connectivity index (χ0n) is 12.1. The molecule has 118 valence electrons. The lowest BCUT2D eigenvalue weighted by Crippen LogP contribution is -2.24. The summed E-state index contributed by atoms with van der Waals surface area (Å²) in [6, 6.07) is 2.07. The zero-order valence-corrected chi connectivity index (χ0v) is 13.7. The molecule has 0 radical (unpaired) electrons. The summed E-state index contributed by atoms with van der Waals surface area (Å²) < 4.78 is 18.8. The highest BCUT2D eigenvalue weighted by molar-refractivity contribution is 8.00. The van der Waals surface area contributed by atoms with Crippen molar-refractivity contribution < 1.29 is 18.7 Å². The SMILES string of the molecule is CC(C)(C)OC(=O)CSc1cc(C(=O)N=[N+]=[N-])c(F)cc1Cl. The average molecular weight is 346 g/mol. The van der Waals surface area contributed by atoms with E-state index in [1.165, 1.54) is 0 Å². The van der Waals surface area contributed by atoms with Crippen LogP contribution in [0, 0.1) is 5.82 Å². The Bertz CT molecular complexity index is 655. The molecule has 0 bridgehead atoms. The molecule has 0 saturated carbocycles. The Balaban J connectivity index is 2.91. The first-order chi connectivity index (χ1) is 10.1. The van der Waals surface area contributed by atoms with E-state index in [-0.39, 0.29) is 10.8 Å². The van der Waals surface area contributed by atoms with Gasteiger partial charge in [0.25, 0.3) is 5.91 Å². The van der Waals surface area contributed by atoms with E-state index in [1.54, 1.807) is 20.8 Å². The Morgan fingerprint density at radius 3 is 2.64 bits per heavy atom. The molecule has 1 amide bonds. The van der Waals surface area contributed by atoms with E-state index in [0.29, 0.717) is 4.90 Å². The third-order valence-electron chi connectivity index (χ3n) is 2.15. The molecule has 0 heterocycles. The van der Waals surface area contributed by atoms with Crippen molar-refractivity contribution in [3.05, 3.63) is 39.0 Å². The molecule has 0 aliphatic carbocycles. The minimum Gasteiger partial charge on any atom is -0.459 e. The number of thioether (sulfide) groups is 1. The van der Waals surface area contributed by atoms with Crippen molar-refractivity contribution in [1.29, 1.82) is 0 Å². The highest BCUT2D eigenvalue weighted by Crippen LogP contribution is 2.30. The first-order valence-electron chi connectivity index (χ1n) is 6.07. The Kier molecular flexibility index (Phi) is 6.22. The van der Waals surface area contributed by atoms with Crippen LogP contribution in [0.4, 0.5) is 4.39 Å². The molecule has 0 atom stereocenters. The number of nitrogens with zero attached hydrogens (tertiary/aromatic N) is 3. The maximum atomic E-state index is 13.6. The fourth-order valence-corrected chi connectivity index (χ4v) is 2.45. The highest BCUT2D eigenvalue weighted by atomic mass is 35.5. The number of amides is 1. The minimum absolute atomic E-state index is 0.0449. The van der Waals surface area contributed by atoms with Gasteiger partial charge in [-0.1, -0.05) is 11.6 Å². The van der Waals surface area contributed by atoms with E-state index in [9.17, 15) is 14.0 Å². The lowest BCUT2D eigenvalue weighted by molar-refractivity contribution is -0.151. The second-order valence-electron chi connectivity index (χ2n) is 5.13. The van der Waals surface area contributed by atoms with Gasteiger partial charge in [0.05, 0.1) is 16.3 Å². The molecule has 0 aromatic heterocycles. The molecule has 0 saturated heterocycles. The van der Waals surface area contributed by atoms with Gasteiger partial charge in [-0.05, 0) is 43.5 Å². The number of rotatable bonds is 4. The fraction of sp³-hybridized carbons (Fsp3) is 0.385. The summed E-state index contributed by atoms with van der Waals surface area (Å²) in [6.07, 6.45) is 0. The number of benzene rings is 1. The largest absolute Gasteiger partial charge is 0.459 e. The number of ether oxygens (including phenoxy) is 1. The summed E-state index contributed by atoms with van der Waals surface area (Å²) in [4.78, 5) is 25.7. The normalized spacial score (nSPS) is 10.8. The Hall–Kier alpha value is -1.76. The predicted octanol–water partition coefficient (Wildman–Crippen LogP) is 4.36. The zero-order chi connectivity index (χ0) is 16.9. The van der Waals surface area contributed by atoms with Gasteiger partial charge in [0.2, 0.25) is 0 Å². The summed E-state index contributed by atoms with van der Waals surface area (Å²) in [6.45, 7) is 5.20. The van der Waals surface area contributed by atoms with Crippen LogP contribution in [0.3, 0.4) is 0 Å². The monoisotopic (exact) mass is 345 g/mol. The predicted molar refractivity (Wildman–Crippen MR) is 81.5 cm³/mol. The summed E-state index contributed by atoms with van der Waals surface area (Å²) in [5.41, 5.74) is 7.19. The van der Waals surface area contributed by atoms with Gasteiger partial charge in [0.15, 0.2) is 0 Å². The van der Waals surface area contributed by atoms with Crippen LogP contribution in [-0.4, -0.2) is 23.2 Å². The Labute approximate surface area is 135 Å². The molecule has 9 heteroatoms. The third-order valence-corrected chi connectivity index (χ3v) is 3.61. The van der Waals surface area contributed by atoms with Gasteiger partial charge in [0.1, 0.15) is 11.4 Å². The lowest BCUT2D eigenvalue weighted by Gasteiger charge is -2.19. The van der Waals surface area contributed by atoms with Crippen LogP contribution in [-0.2, 0) is 9.53 Å². The van der Waals surface area contributed by atoms with Crippen molar-refractivity contribution in [3.8, 4) is 0 Å². The van der Waals surface area contributed by atoms with Crippen LogP contribution in [0.1, 0.15) is 31.1 Å². The van der Waals surface area contributed by atoms with Crippen LogP contribution in [0.2, 0.25) is 5.02 Å². The number of carbonyl (C=O) groups excluding carboxylic acids is 2. The molecule has 1 aromatic carbocycles. The van der Waals surface area contributed by atoms with Crippen LogP contribution >= 0.6 is 23.4 Å². The standard InChI is InChI=1S/C13H13ClFN3O3S/c1-13(2,3)21-11(19)6-22-10-4-7(12(20)17-18-16)9(15)5-8(10)14/h4-5H,6H2,1-3H3. The molecule has 0 aliphatic rings. The summed E-state index contributed by atoms with van der Waals surface area (Å²) in [5, 5.41) is 2.87. The van der Waals surface area contributed by atoms with Crippen molar-refractivity contribution in [2.45, 2.75) is 31.3 Å². The van der Waals surface area contributed by atoms with E-state index in [1.807, 2.05) is 0 Å². The van der Waals surface area contributed by atoms with Crippen LogP contribution in [0.25, 0.3) is 10.4 Å². The first kappa shape index (κ1) is 18.3. The van der Waals surface area contributed by atoms with E-state index in [0.717, 1.165) is 23.9 Å². The molecule has 6 nitrogen and oxygen atoms in total. The summed E-state index contributed by atoms with van der Waals surface area (Å²) in [5.74, 6) is -2.49. The van der Waals surface area contributed by atoms with Crippen molar-refractivity contribution in [2.75, 3.05) is 5.75 Å². The molecule has 1 rings (SSSR count). The van der Waals surface area contributed by atoms with Gasteiger partial charge in [-0.15, -0.1) is 11.8 Å². The van der Waals surface area contributed by atoms with Crippen molar-refractivity contribution in [2.24, 2.45) is 5.11 Å². The quantitative estimate of drug-likeness (QED) is 0.266. The first-order valence-corrected chi connectivity index (χ1v) is 7.43. The van der Waals surface area contributed by atoms with Crippen LogP contribution in [0.5, 0.6) is 0 Å². The van der Waals surface area contributed by atoms with E-state index >= 15 is 0 Å². The highest BCUT2D eigenvalue weighted by Gasteiger charge is 2.18. The molecule has 0 N–H and O–H groups in total. The Morgan fingerprint density at radius 2 is 2.09 bits per heavy atom. The lowest BCUT2D eigenvalue weighted by atomic mass is 10.2. The summed E-state index contributed by atoms with van der Waals surface area (Å²) in [7, 11) is 0. The molecule has 0 unspecified atom stereocenters. The van der Waals surface area contributed by atoms with Crippen LogP contribution in [0.15, 0.2) is 22.1 Å². The third kappa shape index (κ3) is 5.55. The van der Waals surface area contributed by atoms with Gasteiger partial charge >= 0.3 is 5.97 Å². The number of halogens is 2. The van der Waals surface area contributed by atoms with E-state index in [2.05, 4.69) is 10.0 Å². The molecular formula is C13H13ClFN3O3S. The van der Waals surface area contributed by atoms with Crippen molar-refractivity contribution >= 4 is 35.2 Å². The van der Waals surface area contributed by atoms with Gasteiger partial charge in [-0.25, -0.2) is 4.39 Å². The number of azide groups is 1. The van der Waals surface area contributed by atoms with E-state index in [4.69, 9.17) is 21.9 Å². The Morgan fingerprint density at radius 1 is 1.45 bits per heavy atom. The maximum absolute atomic E-state index is 13.6. The number of hydrogen-bond donors (Lipinski definition) is 0. The second kappa shape index (κ2) is 7.49. The van der Waals surface area contributed by atoms with Crippen molar-refractivity contribution in [1.82, 2.24) is 0 Å². The smallest absolute Gasteiger partial charge is 0.316 e. The molecule has 0 fully saturated rings. The van der Waals surface area contributed by atoms with E-state index < -0.39 is 28.9 Å². The fourth-order valence-electron chi connectivity index (χ4n) is 1.41. The van der Waals surface area contributed by atoms with Crippen molar-refractivity contribution in [3.63, 3.8) is 0 Å². The molecular weight excluding hydrogens is 333 g/mol. The van der Waals surface area contributed by atoms with Crippen LogP contribution < -0.4 is 0 Å². The number of carbonyl (C=O) groups is 2. The molecule has 22 heavy (non-hydrogen) atoms. The molecule has 0 spiro atoms. The van der Waals surface area contributed by atoms with Gasteiger partial charge in [-0.3, -0.25) is 9.59 Å².